The molecule has 11 nitrogen and oxygen atoms in total. The van der Waals surface area contributed by atoms with Gasteiger partial charge in [-0.25, -0.2) is 0 Å². The summed E-state index contributed by atoms with van der Waals surface area (Å²) >= 11 is 0. The Hall–Kier alpha value is -2.50. The molecule has 0 amide bonds. The quantitative estimate of drug-likeness (QED) is 0.283. The van der Waals surface area contributed by atoms with Gasteiger partial charge in [0.15, 0.2) is 24.6 Å². The summed E-state index contributed by atoms with van der Waals surface area (Å²) in [5.74, 6) is -2.82. The number of hydrogen-bond acceptors (Lipinski definition) is 11. The predicted molar refractivity (Wildman–Crippen MR) is 98.7 cm³/mol. The second-order valence-electron chi connectivity index (χ2n) is 6.58. The van der Waals surface area contributed by atoms with Gasteiger partial charge in [0.1, 0.15) is 12.7 Å². The largest absolute Gasteiger partial charge is 0.463 e. The molecule has 0 unspecified atom stereocenters. The predicted octanol–water partition coefficient (Wildman–Crippen LogP) is 0.0231. The number of aliphatic hydroxyl groups is 1. The van der Waals surface area contributed by atoms with Gasteiger partial charge < -0.3 is 33.5 Å². The lowest BCUT2D eigenvalue weighted by Crippen LogP contribution is -2.63. The fraction of sp³-hybridized carbons (Fsp3) is 0.684. The van der Waals surface area contributed by atoms with Crippen molar-refractivity contribution in [3.63, 3.8) is 0 Å². The monoisotopic (exact) mass is 432 g/mol. The van der Waals surface area contributed by atoms with Crippen molar-refractivity contribution >= 4 is 23.9 Å². The highest BCUT2D eigenvalue weighted by Crippen LogP contribution is 2.30. The average Bonchev–Trinajstić information content (AvgIpc) is 2.61. The smallest absolute Gasteiger partial charge is 0.303 e. The van der Waals surface area contributed by atoms with Gasteiger partial charge in [-0.15, -0.1) is 6.58 Å². The first-order valence-corrected chi connectivity index (χ1v) is 9.26. The van der Waals surface area contributed by atoms with E-state index < -0.39 is 60.7 Å². The third-order valence-corrected chi connectivity index (χ3v) is 3.84. The number of esters is 4. The molecular formula is C19H28O11. The zero-order valence-electron chi connectivity index (χ0n) is 17.4. The van der Waals surface area contributed by atoms with Crippen LogP contribution in [0.5, 0.6) is 0 Å². The first-order chi connectivity index (χ1) is 14.0. The van der Waals surface area contributed by atoms with Gasteiger partial charge in [0.05, 0.1) is 12.7 Å². The maximum Gasteiger partial charge on any atom is 0.303 e. The molecule has 0 spiro atoms. The van der Waals surface area contributed by atoms with E-state index in [9.17, 15) is 24.3 Å². The number of aliphatic hydroxyl groups excluding tert-OH is 1. The van der Waals surface area contributed by atoms with Gasteiger partial charge in [0.25, 0.3) is 0 Å². The van der Waals surface area contributed by atoms with E-state index >= 15 is 0 Å². The standard InChI is InChI=1S/C19H28O11/c1-6-7-14(24)8-26-19-18(29-13(5)23)17(28-12(4)22)16(27-11(3)21)15(30-19)9-25-10(2)20/h6,14-19,24H,1,7-9H2,2-5H3/t14-,15+,16+,17-,18-,19+/m0/s1. The highest BCUT2D eigenvalue weighted by Gasteiger charge is 2.52. The van der Waals surface area contributed by atoms with Gasteiger partial charge in [-0.05, 0) is 6.42 Å². The summed E-state index contributed by atoms with van der Waals surface area (Å²) in [6, 6.07) is 0. The number of hydrogen-bond donors (Lipinski definition) is 1. The normalized spacial score (nSPS) is 26.8. The lowest BCUT2D eigenvalue weighted by atomic mass is 9.98. The summed E-state index contributed by atoms with van der Waals surface area (Å²) in [6.07, 6.45) is -5.51. The second kappa shape index (κ2) is 12.3. The molecule has 1 fully saturated rings. The highest BCUT2D eigenvalue weighted by atomic mass is 16.7. The van der Waals surface area contributed by atoms with Crippen molar-refractivity contribution in [3.8, 4) is 0 Å². The first kappa shape index (κ1) is 25.5. The summed E-state index contributed by atoms with van der Waals surface area (Å²) < 4.78 is 31.9. The molecular weight excluding hydrogens is 404 g/mol. The summed E-state index contributed by atoms with van der Waals surface area (Å²) in [7, 11) is 0. The molecule has 1 heterocycles. The van der Waals surface area contributed by atoms with Gasteiger partial charge in [-0.2, -0.15) is 0 Å². The summed E-state index contributed by atoms with van der Waals surface area (Å²) in [5.41, 5.74) is 0. The van der Waals surface area contributed by atoms with E-state index in [1.165, 1.54) is 13.0 Å². The van der Waals surface area contributed by atoms with E-state index in [1.54, 1.807) is 0 Å². The molecule has 1 aliphatic heterocycles. The number of carbonyl (C=O) groups is 4. The fourth-order valence-electron chi connectivity index (χ4n) is 2.79. The lowest BCUT2D eigenvalue weighted by molar-refractivity contribution is -0.310. The topological polar surface area (TPSA) is 144 Å². The van der Waals surface area contributed by atoms with Crippen molar-refractivity contribution in [2.24, 2.45) is 0 Å². The Morgan fingerprint density at radius 3 is 1.97 bits per heavy atom. The van der Waals surface area contributed by atoms with Crippen LogP contribution >= 0.6 is 0 Å². The maximum absolute atomic E-state index is 11.7. The zero-order valence-corrected chi connectivity index (χ0v) is 17.4. The summed E-state index contributed by atoms with van der Waals surface area (Å²) in [4.78, 5) is 46.2. The molecule has 0 aliphatic carbocycles. The second-order valence-corrected chi connectivity index (χ2v) is 6.58. The molecule has 0 aromatic carbocycles. The van der Waals surface area contributed by atoms with Gasteiger partial charge in [-0.1, -0.05) is 6.08 Å². The molecule has 0 bridgehead atoms. The van der Waals surface area contributed by atoms with Crippen LogP contribution in [0.25, 0.3) is 0 Å². The summed E-state index contributed by atoms with van der Waals surface area (Å²) in [5, 5.41) is 9.89. The Morgan fingerprint density at radius 2 is 1.47 bits per heavy atom. The van der Waals surface area contributed by atoms with Crippen LogP contribution in [0.1, 0.15) is 34.1 Å². The lowest BCUT2D eigenvalue weighted by Gasteiger charge is -2.44. The zero-order chi connectivity index (χ0) is 22.8. The highest BCUT2D eigenvalue weighted by molar-refractivity contribution is 5.68. The molecule has 0 aromatic heterocycles. The maximum atomic E-state index is 11.7. The Kier molecular flexibility index (Phi) is 10.4. The van der Waals surface area contributed by atoms with Crippen LogP contribution in [0.15, 0.2) is 12.7 Å². The number of carbonyl (C=O) groups excluding carboxylic acids is 4. The third-order valence-electron chi connectivity index (χ3n) is 3.84. The average molecular weight is 432 g/mol. The van der Waals surface area contributed by atoms with E-state index in [0.717, 1.165) is 20.8 Å². The molecule has 0 saturated carbocycles. The van der Waals surface area contributed by atoms with Crippen molar-refractivity contribution in [2.75, 3.05) is 13.2 Å². The third kappa shape index (κ3) is 8.47. The van der Waals surface area contributed by atoms with Crippen LogP contribution in [0, 0.1) is 0 Å². The van der Waals surface area contributed by atoms with Crippen LogP contribution in [-0.2, 0) is 47.6 Å². The molecule has 1 saturated heterocycles. The van der Waals surface area contributed by atoms with E-state index in [0.29, 0.717) is 0 Å². The Labute approximate surface area is 174 Å². The molecule has 0 radical (unpaired) electrons. The van der Waals surface area contributed by atoms with Crippen LogP contribution in [-0.4, -0.2) is 79.0 Å². The molecule has 170 valence electrons. The number of ether oxygens (including phenoxy) is 6. The van der Waals surface area contributed by atoms with Gasteiger partial charge in [0, 0.05) is 27.7 Å². The van der Waals surface area contributed by atoms with Gasteiger partial charge in [0.2, 0.25) is 0 Å². The Morgan fingerprint density at radius 1 is 0.933 bits per heavy atom. The minimum Gasteiger partial charge on any atom is -0.463 e. The molecule has 30 heavy (non-hydrogen) atoms. The summed E-state index contributed by atoms with van der Waals surface area (Å²) in [6.45, 7) is 7.49. The van der Waals surface area contributed by atoms with Crippen molar-refractivity contribution in [2.45, 2.75) is 70.9 Å². The van der Waals surface area contributed by atoms with Crippen molar-refractivity contribution in [1.29, 1.82) is 0 Å². The minimum absolute atomic E-state index is 0.222. The van der Waals surface area contributed by atoms with Gasteiger partial charge >= 0.3 is 23.9 Å². The first-order valence-electron chi connectivity index (χ1n) is 9.26. The van der Waals surface area contributed by atoms with Crippen molar-refractivity contribution in [1.82, 2.24) is 0 Å². The molecule has 11 heteroatoms. The fourth-order valence-corrected chi connectivity index (χ4v) is 2.79. The SMILES string of the molecule is C=CC[C@H](O)CO[C@@H]1O[C@H](COC(C)=O)[C@@H](OC(C)=O)[C@H](OC(C)=O)[C@@H]1OC(C)=O. The number of rotatable bonds is 10. The van der Waals surface area contributed by atoms with Gasteiger partial charge in [-0.3, -0.25) is 19.2 Å². The minimum atomic E-state index is -1.32. The van der Waals surface area contributed by atoms with E-state index in [4.69, 9.17) is 28.4 Å². The Bertz CT molecular complexity index is 632. The molecule has 0 aromatic rings. The molecule has 1 N–H and O–H groups in total. The van der Waals surface area contributed by atoms with Crippen LogP contribution < -0.4 is 0 Å². The molecule has 1 aliphatic rings. The molecule has 1 rings (SSSR count). The Balaban J connectivity index is 3.23. The van der Waals surface area contributed by atoms with E-state index in [-0.39, 0.29) is 19.6 Å². The van der Waals surface area contributed by atoms with Crippen molar-refractivity contribution < 1.29 is 52.7 Å². The van der Waals surface area contributed by atoms with Crippen molar-refractivity contribution in [3.05, 3.63) is 12.7 Å². The van der Waals surface area contributed by atoms with Crippen LogP contribution in [0.3, 0.4) is 0 Å². The van der Waals surface area contributed by atoms with E-state index in [2.05, 4.69) is 6.58 Å². The van der Waals surface area contributed by atoms with Crippen LogP contribution in [0.4, 0.5) is 0 Å². The molecule has 6 atom stereocenters. The van der Waals surface area contributed by atoms with Crippen LogP contribution in [0.2, 0.25) is 0 Å². The van der Waals surface area contributed by atoms with E-state index in [1.807, 2.05) is 0 Å².